The third kappa shape index (κ3) is 23.0. The Balaban J connectivity index is -0.000000193. The lowest BCUT2D eigenvalue weighted by molar-refractivity contribution is 0.403. The molecule has 4 rings (SSSR count). The third-order valence-electron chi connectivity index (χ3n) is 4.33. The topological polar surface area (TPSA) is 25.1 Å². The number of ether oxygens (including phenoxy) is 2. The summed E-state index contributed by atoms with van der Waals surface area (Å²) in [6.07, 6.45) is 7.24. The first-order valence-corrected chi connectivity index (χ1v) is 11.6. The lowest BCUT2D eigenvalue weighted by Crippen LogP contribution is -1.89. The molecule has 2 aliphatic heterocycles. The molecule has 2 aromatic rings. The molecule has 2 nitrogen and oxygen atoms in total. The van der Waals surface area contributed by atoms with Crippen molar-refractivity contribution in [3.63, 3.8) is 0 Å². The van der Waals surface area contributed by atoms with Crippen molar-refractivity contribution in [2.24, 2.45) is 0 Å². The number of aryl methyl sites for hydroxylation is 2. The molecule has 0 spiro atoms. The SMILES string of the molecule is C.C.C.CC.CC.CCC1CO1.CCC1CO1.c1ccc(CCCc2ccccc2)cc1. The molecule has 0 saturated carbocycles. The van der Waals surface area contributed by atoms with Crippen LogP contribution in [0.4, 0.5) is 0 Å². The summed E-state index contributed by atoms with van der Waals surface area (Å²) in [6.45, 7) is 14.3. The van der Waals surface area contributed by atoms with E-state index in [2.05, 4.69) is 74.5 Å². The van der Waals surface area contributed by atoms with E-state index in [4.69, 9.17) is 9.47 Å². The largest absolute Gasteiger partial charge is 0.373 e. The number of epoxide rings is 2. The molecule has 188 valence electrons. The van der Waals surface area contributed by atoms with Crippen molar-refractivity contribution in [3.8, 4) is 0 Å². The van der Waals surface area contributed by atoms with Gasteiger partial charge in [-0.15, -0.1) is 0 Å². The Morgan fingerprint density at radius 3 is 1.06 bits per heavy atom. The molecule has 2 heterocycles. The first-order chi connectivity index (χ1) is 14.3. The van der Waals surface area contributed by atoms with Crippen LogP contribution in [0.1, 0.15) is 94.2 Å². The van der Waals surface area contributed by atoms with Gasteiger partial charge in [-0.05, 0) is 43.2 Å². The maximum absolute atomic E-state index is 4.86. The Bertz CT molecular complexity index is 494. The van der Waals surface area contributed by atoms with Gasteiger partial charge in [-0.25, -0.2) is 0 Å². The monoisotopic (exact) mass is 448 g/mol. The number of benzene rings is 2. The zero-order valence-corrected chi connectivity index (χ0v) is 19.7. The summed E-state index contributed by atoms with van der Waals surface area (Å²) in [5.74, 6) is 0. The molecule has 2 atom stereocenters. The summed E-state index contributed by atoms with van der Waals surface area (Å²) in [5.41, 5.74) is 2.88. The average Bonchev–Trinajstić information content (AvgIpc) is 3.72. The summed E-state index contributed by atoms with van der Waals surface area (Å²) < 4.78 is 9.72. The van der Waals surface area contributed by atoms with Crippen LogP contribution >= 0.6 is 0 Å². The average molecular weight is 449 g/mol. The van der Waals surface area contributed by atoms with E-state index >= 15 is 0 Å². The van der Waals surface area contributed by atoms with Crippen LogP contribution in [0.15, 0.2) is 60.7 Å². The molecule has 2 aromatic carbocycles. The Labute approximate surface area is 202 Å². The quantitative estimate of drug-likeness (QED) is 0.411. The minimum absolute atomic E-state index is 0. The van der Waals surface area contributed by atoms with Crippen molar-refractivity contribution >= 4 is 0 Å². The smallest absolute Gasteiger partial charge is 0.0807 e. The van der Waals surface area contributed by atoms with Crippen LogP contribution in [0.25, 0.3) is 0 Å². The Morgan fingerprint density at radius 2 is 0.875 bits per heavy atom. The van der Waals surface area contributed by atoms with Gasteiger partial charge in [0.25, 0.3) is 0 Å². The van der Waals surface area contributed by atoms with Gasteiger partial charge in [-0.2, -0.15) is 0 Å². The van der Waals surface area contributed by atoms with Gasteiger partial charge in [0.05, 0.1) is 25.4 Å². The third-order valence-corrected chi connectivity index (χ3v) is 4.33. The van der Waals surface area contributed by atoms with Crippen LogP contribution in [0.5, 0.6) is 0 Å². The molecule has 2 unspecified atom stereocenters. The minimum atomic E-state index is 0. The molecular formula is C30H56O2. The molecule has 2 saturated heterocycles. The highest BCUT2D eigenvalue weighted by atomic mass is 16.6. The van der Waals surface area contributed by atoms with Crippen molar-refractivity contribution in [2.75, 3.05) is 13.2 Å². The molecule has 2 aliphatic rings. The van der Waals surface area contributed by atoms with Gasteiger partial charge >= 0.3 is 0 Å². The Morgan fingerprint density at radius 1 is 0.594 bits per heavy atom. The van der Waals surface area contributed by atoms with Gasteiger partial charge in [-0.1, -0.05) is 124 Å². The summed E-state index contributed by atoms with van der Waals surface area (Å²) in [4.78, 5) is 0. The van der Waals surface area contributed by atoms with E-state index in [1.807, 2.05) is 27.7 Å². The van der Waals surface area contributed by atoms with Crippen LogP contribution in [-0.2, 0) is 22.3 Å². The fourth-order valence-electron chi connectivity index (χ4n) is 2.39. The van der Waals surface area contributed by atoms with Crippen molar-refractivity contribution in [1.82, 2.24) is 0 Å². The zero-order valence-electron chi connectivity index (χ0n) is 19.7. The molecule has 0 N–H and O–H groups in total. The summed E-state index contributed by atoms with van der Waals surface area (Å²) in [5, 5.41) is 0. The summed E-state index contributed by atoms with van der Waals surface area (Å²) >= 11 is 0. The molecule has 0 aromatic heterocycles. The van der Waals surface area contributed by atoms with Crippen LogP contribution in [0.2, 0.25) is 0 Å². The fourth-order valence-corrected chi connectivity index (χ4v) is 2.39. The molecule has 0 amide bonds. The number of hydrogen-bond donors (Lipinski definition) is 0. The van der Waals surface area contributed by atoms with Crippen molar-refractivity contribution in [2.45, 2.75) is 108 Å². The van der Waals surface area contributed by atoms with Crippen molar-refractivity contribution in [3.05, 3.63) is 71.8 Å². The molecule has 0 bridgehead atoms. The van der Waals surface area contributed by atoms with Gasteiger partial charge in [0, 0.05) is 0 Å². The highest BCUT2D eigenvalue weighted by Crippen LogP contribution is 2.11. The second kappa shape index (κ2) is 27.4. The van der Waals surface area contributed by atoms with Gasteiger partial charge < -0.3 is 9.47 Å². The van der Waals surface area contributed by atoms with Crippen molar-refractivity contribution < 1.29 is 9.47 Å². The summed E-state index contributed by atoms with van der Waals surface area (Å²) in [7, 11) is 0. The molecule has 0 radical (unpaired) electrons. The molecule has 2 heteroatoms. The van der Waals surface area contributed by atoms with Crippen LogP contribution in [-0.4, -0.2) is 25.4 Å². The van der Waals surface area contributed by atoms with Crippen LogP contribution in [0.3, 0.4) is 0 Å². The summed E-state index contributed by atoms with van der Waals surface area (Å²) in [6, 6.07) is 21.4. The Kier molecular flexibility index (Phi) is 32.2. The van der Waals surface area contributed by atoms with Gasteiger partial charge in [0.1, 0.15) is 0 Å². The second-order valence-electron chi connectivity index (χ2n) is 6.55. The van der Waals surface area contributed by atoms with E-state index in [0.717, 1.165) is 13.2 Å². The van der Waals surface area contributed by atoms with Gasteiger partial charge in [-0.3, -0.25) is 0 Å². The van der Waals surface area contributed by atoms with E-state index in [1.165, 1.54) is 43.2 Å². The van der Waals surface area contributed by atoms with E-state index in [0.29, 0.717) is 12.2 Å². The number of hydrogen-bond acceptors (Lipinski definition) is 2. The molecule has 32 heavy (non-hydrogen) atoms. The molecular weight excluding hydrogens is 392 g/mol. The normalized spacial score (nSPS) is 15.8. The van der Waals surface area contributed by atoms with E-state index < -0.39 is 0 Å². The van der Waals surface area contributed by atoms with Crippen LogP contribution < -0.4 is 0 Å². The van der Waals surface area contributed by atoms with Crippen molar-refractivity contribution in [1.29, 1.82) is 0 Å². The van der Waals surface area contributed by atoms with Gasteiger partial charge in [0.15, 0.2) is 0 Å². The molecule has 2 fully saturated rings. The minimum Gasteiger partial charge on any atom is -0.373 e. The standard InChI is InChI=1S/C15H16.2C4H8O.2C2H6.3CH4/c1-3-8-14(9-4-1)12-7-13-15-10-5-2-6-11-15;2*1-2-4-3-5-4;2*1-2;;;/h1-6,8-11H,7,12-13H2;2*4H,2-3H2,1H3;2*1-2H3;3*1H4. The zero-order chi connectivity index (χ0) is 21.7. The van der Waals surface area contributed by atoms with Crippen LogP contribution in [0, 0.1) is 0 Å². The highest BCUT2D eigenvalue weighted by Gasteiger charge is 2.18. The maximum Gasteiger partial charge on any atom is 0.0807 e. The highest BCUT2D eigenvalue weighted by molar-refractivity contribution is 5.17. The predicted octanol–water partition coefficient (Wildman–Crippen LogP) is 9.41. The predicted molar refractivity (Wildman–Crippen MR) is 148 cm³/mol. The fraction of sp³-hybridized carbons (Fsp3) is 0.600. The van der Waals surface area contributed by atoms with Gasteiger partial charge in [0.2, 0.25) is 0 Å². The Hall–Kier alpha value is -1.64. The van der Waals surface area contributed by atoms with E-state index in [9.17, 15) is 0 Å². The molecule has 0 aliphatic carbocycles. The first kappa shape index (κ1) is 37.7. The lowest BCUT2D eigenvalue weighted by atomic mass is 10.0. The number of rotatable bonds is 6. The van der Waals surface area contributed by atoms with E-state index in [1.54, 1.807) is 0 Å². The maximum atomic E-state index is 4.86. The first-order valence-electron chi connectivity index (χ1n) is 11.6. The second-order valence-corrected chi connectivity index (χ2v) is 6.55. The lowest BCUT2D eigenvalue weighted by Gasteiger charge is -2.01. The van der Waals surface area contributed by atoms with E-state index in [-0.39, 0.29) is 22.3 Å².